The molecule has 2 N–H and O–H groups in total. The van der Waals surface area contributed by atoms with Crippen molar-refractivity contribution in [2.45, 2.75) is 25.4 Å². The number of fused-ring (bicyclic) bond motifs is 1. The van der Waals surface area contributed by atoms with E-state index >= 15 is 0 Å². The van der Waals surface area contributed by atoms with Crippen molar-refractivity contribution in [3.05, 3.63) is 30.5 Å². The van der Waals surface area contributed by atoms with Gasteiger partial charge in [0.1, 0.15) is 5.75 Å². The molecule has 1 unspecified atom stereocenters. The molecule has 0 radical (unpaired) electrons. The average molecular weight is 230 g/mol. The van der Waals surface area contributed by atoms with Gasteiger partial charge in [0, 0.05) is 17.8 Å². The van der Waals surface area contributed by atoms with Crippen LogP contribution in [0.3, 0.4) is 0 Å². The van der Waals surface area contributed by atoms with Gasteiger partial charge in [-0.05, 0) is 55.9 Å². The fraction of sp³-hybridized carbons (Fsp3) is 0.429. The zero-order chi connectivity index (χ0) is 11.5. The smallest absolute Gasteiger partial charge is 0.121 e. The predicted molar refractivity (Wildman–Crippen MR) is 69.4 cm³/mol. The highest BCUT2D eigenvalue weighted by Gasteiger charge is 2.13. The van der Waals surface area contributed by atoms with E-state index in [4.69, 9.17) is 4.74 Å². The Morgan fingerprint density at radius 1 is 1.12 bits per heavy atom. The summed E-state index contributed by atoms with van der Waals surface area (Å²) in [4.78, 5) is 3.22. The van der Waals surface area contributed by atoms with E-state index in [1.807, 2.05) is 6.20 Å². The largest absolute Gasteiger partial charge is 0.490 e. The Balaban J connectivity index is 1.74. The van der Waals surface area contributed by atoms with Gasteiger partial charge in [-0.1, -0.05) is 0 Å². The quantitative estimate of drug-likeness (QED) is 0.832. The first-order chi connectivity index (χ1) is 8.42. The highest BCUT2D eigenvalue weighted by Crippen LogP contribution is 2.22. The fourth-order valence-electron chi connectivity index (χ4n) is 2.40. The minimum atomic E-state index is 0.359. The minimum absolute atomic E-state index is 0.359. The van der Waals surface area contributed by atoms with Crippen LogP contribution < -0.4 is 10.1 Å². The van der Waals surface area contributed by atoms with Crippen molar-refractivity contribution in [3.63, 3.8) is 0 Å². The Morgan fingerprint density at radius 2 is 2.12 bits per heavy atom. The molecule has 1 aliphatic rings. The molecule has 1 saturated heterocycles. The number of aromatic amines is 1. The maximum Gasteiger partial charge on any atom is 0.121 e. The van der Waals surface area contributed by atoms with Crippen molar-refractivity contribution in [3.8, 4) is 5.75 Å². The SMILES string of the molecule is c1cc2ccc(OC3CCCNCC3)cc2[nH]1. The van der Waals surface area contributed by atoms with E-state index in [0.29, 0.717) is 6.10 Å². The third kappa shape index (κ3) is 2.44. The Morgan fingerprint density at radius 3 is 3.12 bits per heavy atom. The van der Waals surface area contributed by atoms with Gasteiger partial charge in [0.15, 0.2) is 0 Å². The molecule has 0 saturated carbocycles. The molecule has 1 fully saturated rings. The number of nitrogens with one attached hydrogen (secondary N) is 2. The lowest BCUT2D eigenvalue weighted by Crippen LogP contribution is -2.19. The first-order valence-electron chi connectivity index (χ1n) is 6.36. The van der Waals surface area contributed by atoms with Gasteiger partial charge in [-0.15, -0.1) is 0 Å². The van der Waals surface area contributed by atoms with E-state index in [9.17, 15) is 0 Å². The molecule has 3 heteroatoms. The number of benzene rings is 1. The van der Waals surface area contributed by atoms with Crippen LogP contribution in [0.5, 0.6) is 5.75 Å². The van der Waals surface area contributed by atoms with Crippen LogP contribution in [0.15, 0.2) is 30.5 Å². The third-order valence-electron chi connectivity index (χ3n) is 3.35. The lowest BCUT2D eigenvalue weighted by Gasteiger charge is -2.16. The zero-order valence-electron chi connectivity index (χ0n) is 9.91. The minimum Gasteiger partial charge on any atom is -0.490 e. The number of rotatable bonds is 2. The van der Waals surface area contributed by atoms with E-state index in [0.717, 1.165) is 37.2 Å². The Kier molecular flexibility index (Phi) is 3.01. The Hall–Kier alpha value is -1.48. The van der Waals surface area contributed by atoms with Gasteiger partial charge in [-0.3, -0.25) is 0 Å². The molecule has 0 bridgehead atoms. The molecule has 0 spiro atoms. The van der Waals surface area contributed by atoms with Crippen LogP contribution >= 0.6 is 0 Å². The average Bonchev–Trinajstić information content (AvgIpc) is 2.65. The molecule has 2 aromatic rings. The second-order valence-corrected chi connectivity index (χ2v) is 4.65. The summed E-state index contributed by atoms with van der Waals surface area (Å²) in [7, 11) is 0. The van der Waals surface area contributed by atoms with Crippen molar-refractivity contribution in [1.82, 2.24) is 10.3 Å². The molecule has 2 heterocycles. The van der Waals surface area contributed by atoms with Gasteiger partial charge in [0.25, 0.3) is 0 Å². The molecule has 90 valence electrons. The summed E-state index contributed by atoms with van der Waals surface area (Å²) in [6, 6.07) is 8.34. The third-order valence-corrected chi connectivity index (χ3v) is 3.35. The molecule has 1 atom stereocenters. The highest BCUT2D eigenvalue weighted by atomic mass is 16.5. The van der Waals surface area contributed by atoms with Crippen molar-refractivity contribution in [2.75, 3.05) is 13.1 Å². The lowest BCUT2D eigenvalue weighted by molar-refractivity contribution is 0.188. The molecule has 1 aromatic heterocycles. The topological polar surface area (TPSA) is 37.0 Å². The first kappa shape index (κ1) is 10.7. The van der Waals surface area contributed by atoms with Gasteiger partial charge >= 0.3 is 0 Å². The van der Waals surface area contributed by atoms with Gasteiger partial charge < -0.3 is 15.0 Å². The van der Waals surface area contributed by atoms with Gasteiger partial charge in [-0.25, -0.2) is 0 Å². The lowest BCUT2D eigenvalue weighted by atomic mass is 10.1. The van der Waals surface area contributed by atoms with Crippen molar-refractivity contribution < 1.29 is 4.74 Å². The summed E-state index contributed by atoms with van der Waals surface area (Å²) >= 11 is 0. The fourth-order valence-corrected chi connectivity index (χ4v) is 2.40. The number of hydrogen-bond donors (Lipinski definition) is 2. The first-order valence-corrected chi connectivity index (χ1v) is 6.36. The van der Waals surface area contributed by atoms with E-state index in [-0.39, 0.29) is 0 Å². The number of ether oxygens (including phenoxy) is 1. The van der Waals surface area contributed by atoms with Crippen LogP contribution in [-0.4, -0.2) is 24.2 Å². The summed E-state index contributed by atoms with van der Waals surface area (Å²) < 4.78 is 6.05. The van der Waals surface area contributed by atoms with Crippen LogP contribution in [0.25, 0.3) is 10.9 Å². The highest BCUT2D eigenvalue weighted by molar-refractivity contribution is 5.80. The van der Waals surface area contributed by atoms with Crippen molar-refractivity contribution in [2.24, 2.45) is 0 Å². The molecular formula is C14H18N2O. The molecule has 1 aliphatic heterocycles. The maximum absolute atomic E-state index is 6.05. The van der Waals surface area contributed by atoms with E-state index in [2.05, 4.69) is 34.6 Å². The van der Waals surface area contributed by atoms with Crippen LogP contribution in [0, 0.1) is 0 Å². The van der Waals surface area contributed by atoms with Crippen LogP contribution in [0.4, 0.5) is 0 Å². The number of hydrogen-bond acceptors (Lipinski definition) is 2. The standard InChI is InChI=1S/C14H18N2O/c1-2-12(6-8-15-7-1)17-13-4-3-11-5-9-16-14(11)10-13/h3-5,9-10,12,15-16H,1-2,6-8H2. The van der Waals surface area contributed by atoms with E-state index in [1.165, 1.54) is 11.8 Å². The normalized spacial score (nSPS) is 21.3. The molecule has 3 nitrogen and oxygen atoms in total. The van der Waals surface area contributed by atoms with Gasteiger partial charge in [0.05, 0.1) is 6.10 Å². The summed E-state index contributed by atoms with van der Waals surface area (Å²) in [5, 5.41) is 4.64. The Bertz CT molecular complexity index is 484. The summed E-state index contributed by atoms with van der Waals surface area (Å²) in [6.07, 6.45) is 5.77. The monoisotopic (exact) mass is 230 g/mol. The maximum atomic E-state index is 6.05. The summed E-state index contributed by atoms with van der Waals surface area (Å²) in [5.74, 6) is 0.979. The number of aromatic nitrogens is 1. The van der Waals surface area contributed by atoms with E-state index in [1.54, 1.807) is 0 Å². The number of H-pyrrole nitrogens is 1. The predicted octanol–water partition coefficient (Wildman–Crippen LogP) is 2.69. The molecule has 17 heavy (non-hydrogen) atoms. The molecule has 1 aromatic carbocycles. The molecule has 0 amide bonds. The van der Waals surface area contributed by atoms with Crippen molar-refractivity contribution in [1.29, 1.82) is 0 Å². The second-order valence-electron chi connectivity index (χ2n) is 4.65. The molecular weight excluding hydrogens is 212 g/mol. The van der Waals surface area contributed by atoms with Crippen LogP contribution in [0.1, 0.15) is 19.3 Å². The van der Waals surface area contributed by atoms with Crippen LogP contribution in [-0.2, 0) is 0 Å². The molecule has 0 aliphatic carbocycles. The second kappa shape index (κ2) is 4.80. The van der Waals surface area contributed by atoms with Gasteiger partial charge in [-0.2, -0.15) is 0 Å². The zero-order valence-corrected chi connectivity index (χ0v) is 9.91. The van der Waals surface area contributed by atoms with Crippen molar-refractivity contribution >= 4 is 10.9 Å². The Labute approximate surface area is 101 Å². The molecule has 3 rings (SSSR count). The van der Waals surface area contributed by atoms with E-state index < -0.39 is 0 Å². The summed E-state index contributed by atoms with van der Waals surface area (Å²) in [6.45, 7) is 2.19. The van der Waals surface area contributed by atoms with Crippen LogP contribution in [0.2, 0.25) is 0 Å². The summed E-state index contributed by atoms with van der Waals surface area (Å²) in [5.41, 5.74) is 1.15. The van der Waals surface area contributed by atoms with Gasteiger partial charge in [0.2, 0.25) is 0 Å².